The van der Waals surface area contributed by atoms with Gasteiger partial charge >= 0.3 is 0 Å². The molecule has 0 radical (unpaired) electrons. The largest absolute Gasteiger partial charge is 0.463 e. The van der Waals surface area contributed by atoms with Gasteiger partial charge in [-0.1, -0.05) is 19.8 Å². The first kappa shape index (κ1) is 12.8. The van der Waals surface area contributed by atoms with Gasteiger partial charge in [-0.3, -0.25) is 4.90 Å². The molecule has 0 spiro atoms. The van der Waals surface area contributed by atoms with Crippen molar-refractivity contribution in [1.29, 1.82) is 0 Å². The van der Waals surface area contributed by atoms with Gasteiger partial charge in [-0.05, 0) is 19.2 Å². The third kappa shape index (κ3) is 4.52. The number of furan rings is 1. The Morgan fingerprint density at radius 2 is 2.12 bits per heavy atom. The van der Waals surface area contributed by atoms with Gasteiger partial charge in [-0.25, -0.2) is 0 Å². The quantitative estimate of drug-likeness (QED) is 0.742. The van der Waals surface area contributed by atoms with Gasteiger partial charge in [-0.2, -0.15) is 0 Å². The molecule has 0 aromatic carbocycles. The Bertz CT molecular complexity index is 349. The van der Waals surface area contributed by atoms with Gasteiger partial charge in [0.2, 0.25) is 0 Å². The second kappa shape index (κ2) is 6.37. The van der Waals surface area contributed by atoms with Crippen LogP contribution < -0.4 is 5.32 Å². The van der Waals surface area contributed by atoms with E-state index >= 15 is 0 Å². The smallest absolute Gasteiger partial charge is 0.118 e. The summed E-state index contributed by atoms with van der Waals surface area (Å²) in [5.41, 5.74) is 0. The van der Waals surface area contributed by atoms with E-state index in [4.69, 9.17) is 10.8 Å². The van der Waals surface area contributed by atoms with Crippen LogP contribution in [0.1, 0.15) is 25.4 Å². The summed E-state index contributed by atoms with van der Waals surface area (Å²) in [7, 11) is 1.98. The highest BCUT2D eigenvalue weighted by molar-refractivity contribution is 5.07. The lowest BCUT2D eigenvalue weighted by Crippen LogP contribution is -2.21. The second-order valence-corrected chi connectivity index (χ2v) is 4.28. The molecule has 0 fully saturated rings. The van der Waals surface area contributed by atoms with Crippen LogP contribution in [0.3, 0.4) is 0 Å². The molecule has 0 aliphatic rings. The summed E-state index contributed by atoms with van der Waals surface area (Å²) in [5, 5.41) is 3.31. The summed E-state index contributed by atoms with van der Waals surface area (Å²) in [5.74, 6) is 4.53. The first-order valence-electron chi connectivity index (χ1n) is 5.54. The standard InChI is InChI=1S/C13H20N2O/c1-5-8-15(4)10-13-7-6-12(16-13)9-14-11(2)3/h1,6-7,11,14H,8-10H2,2-4H3. The van der Waals surface area contributed by atoms with Crippen LogP contribution in [0.5, 0.6) is 0 Å². The number of rotatable bonds is 6. The zero-order valence-electron chi connectivity index (χ0n) is 10.3. The highest BCUT2D eigenvalue weighted by Crippen LogP contribution is 2.09. The maximum atomic E-state index is 5.68. The summed E-state index contributed by atoms with van der Waals surface area (Å²) >= 11 is 0. The van der Waals surface area contributed by atoms with Gasteiger partial charge in [0.05, 0.1) is 19.6 Å². The van der Waals surface area contributed by atoms with E-state index in [2.05, 4.69) is 25.1 Å². The zero-order valence-corrected chi connectivity index (χ0v) is 10.3. The molecular weight excluding hydrogens is 200 g/mol. The van der Waals surface area contributed by atoms with Gasteiger partial charge in [0.1, 0.15) is 11.5 Å². The molecule has 0 atom stereocenters. The van der Waals surface area contributed by atoms with E-state index in [0.29, 0.717) is 12.6 Å². The SMILES string of the molecule is C#CCN(C)Cc1ccc(CNC(C)C)o1. The minimum atomic E-state index is 0.470. The van der Waals surface area contributed by atoms with Gasteiger partial charge in [0, 0.05) is 6.04 Å². The highest BCUT2D eigenvalue weighted by Gasteiger charge is 2.05. The van der Waals surface area contributed by atoms with E-state index in [1.807, 2.05) is 24.1 Å². The van der Waals surface area contributed by atoms with E-state index in [1.54, 1.807) is 0 Å². The highest BCUT2D eigenvalue weighted by atomic mass is 16.3. The van der Waals surface area contributed by atoms with Crippen molar-refractivity contribution in [3.63, 3.8) is 0 Å². The molecule has 3 nitrogen and oxygen atoms in total. The summed E-state index contributed by atoms with van der Waals surface area (Å²) in [6.45, 7) is 6.40. The molecule has 88 valence electrons. The number of hydrogen-bond donors (Lipinski definition) is 1. The predicted octanol–water partition coefficient (Wildman–Crippen LogP) is 1.84. The van der Waals surface area contributed by atoms with E-state index in [1.165, 1.54) is 0 Å². The molecule has 16 heavy (non-hydrogen) atoms. The maximum Gasteiger partial charge on any atom is 0.118 e. The molecular formula is C13H20N2O. The molecule has 1 heterocycles. The van der Waals surface area contributed by atoms with Crippen molar-refractivity contribution in [2.45, 2.75) is 33.0 Å². The lowest BCUT2D eigenvalue weighted by Gasteiger charge is -2.10. The van der Waals surface area contributed by atoms with Gasteiger partial charge < -0.3 is 9.73 Å². The Balaban J connectivity index is 2.42. The van der Waals surface area contributed by atoms with Crippen molar-refractivity contribution in [2.24, 2.45) is 0 Å². The van der Waals surface area contributed by atoms with Gasteiger partial charge in [0.15, 0.2) is 0 Å². The Labute approximate surface area is 97.8 Å². The Hall–Kier alpha value is -1.24. The number of hydrogen-bond acceptors (Lipinski definition) is 3. The van der Waals surface area contributed by atoms with Crippen LogP contribution in [0.25, 0.3) is 0 Å². The monoisotopic (exact) mass is 220 g/mol. The van der Waals surface area contributed by atoms with Crippen LogP contribution in [-0.4, -0.2) is 24.5 Å². The Morgan fingerprint density at radius 1 is 1.44 bits per heavy atom. The minimum Gasteiger partial charge on any atom is -0.463 e. The van der Waals surface area contributed by atoms with Crippen LogP contribution in [-0.2, 0) is 13.1 Å². The van der Waals surface area contributed by atoms with Crippen LogP contribution in [0.15, 0.2) is 16.5 Å². The zero-order chi connectivity index (χ0) is 12.0. The average Bonchev–Trinajstić information content (AvgIpc) is 2.63. The van der Waals surface area contributed by atoms with E-state index < -0.39 is 0 Å². The van der Waals surface area contributed by atoms with Crippen LogP contribution in [0, 0.1) is 12.3 Å². The lowest BCUT2D eigenvalue weighted by atomic mass is 10.3. The fraction of sp³-hybridized carbons (Fsp3) is 0.538. The molecule has 0 unspecified atom stereocenters. The topological polar surface area (TPSA) is 28.4 Å². The average molecular weight is 220 g/mol. The van der Waals surface area contributed by atoms with Crippen LogP contribution >= 0.6 is 0 Å². The fourth-order valence-corrected chi connectivity index (χ4v) is 1.38. The molecule has 0 saturated carbocycles. The molecule has 0 bridgehead atoms. The molecule has 0 aliphatic heterocycles. The summed E-state index contributed by atoms with van der Waals surface area (Å²) in [6.07, 6.45) is 5.24. The summed E-state index contributed by atoms with van der Waals surface area (Å²) < 4.78 is 5.68. The summed E-state index contributed by atoms with van der Waals surface area (Å²) in [6, 6.07) is 4.48. The lowest BCUT2D eigenvalue weighted by molar-refractivity contribution is 0.317. The van der Waals surface area contributed by atoms with Crippen molar-refractivity contribution < 1.29 is 4.42 Å². The molecule has 0 amide bonds. The second-order valence-electron chi connectivity index (χ2n) is 4.28. The first-order valence-corrected chi connectivity index (χ1v) is 5.54. The van der Waals surface area contributed by atoms with Crippen molar-refractivity contribution in [1.82, 2.24) is 10.2 Å². The molecule has 3 heteroatoms. The first-order chi connectivity index (χ1) is 7.61. The van der Waals surface area contributed by atoms with Crippen molar-refractivity contribution >= 4 is 0 Å². The van der Waals surface area contributed by atoms with Gasteiger partial charge in [-0.15, -0.1) is 6.42 Å². The van der Waals surface area contributed by atoms with E-state index in [9.17, 15) is 0 Å². The third-order valence-electron chi connectivity index (χ3n) is 2.19. The maximum absolute atomic E-state index is 5.68. The number of nitrogens with zero attached hydrogens (tertiary/aromatic N) is 1. The molecule has 1 aromatic heterocycles. The van der Waals surface area contributed by atoms with E-state index in [0.717, 1.165) is 24.6 Å². The van der Waals surface area contributed by atoms with E-state index in [-0.39, 0.29) is 0 Å². The summed E-state index contributed by atoms with van der Waals surface area (Å²) in [4.78, 5) is 2.04. The van der Waals surface area contributed by atoms with Crippen molar-refractivity contribution in [3.8, 4) is 12.3 Å². The molecule has 1 aromatic rings. The third-order valence-corrected chi connectivity index (χ3v) is 2.19. The van der Waals surface area contributed by atoms with Gasteiger partial charge in [0.25, 0.3) is 0 Å². The number of nitrogens with one attached hydrogen (secondary N) is 1. The van der Waals surface area contributed by atoms with Crippen molar-refractivity contribution in [2.75, 3.05) is 13.6 Å². The molecule has 1 N–H and O–H groups in total. The predicted molar refractivity (Wildman–Crippen MR) is 65.9 cm³/mol. The van der Waals surface area contributed by atoms with Crippen molar-refractivity contribution in [3.05, 3.63) is 23.7 Å². The molecule has 0 aliphatic carbocycles. The molecule has 0 saturated heterocycles. The number of terminal acetylenes is 1. The fourth-order valence-electron chi connectivity index (χ4n) is 1.38. The van der Waals surface area contributed by atoms with Crippen LogP contribution in [0.4, 0.5) is 0 Å². The minimum absolute atomic E-state index is 0.470. The molecule has 1 rings (SSSR count). The van der Waals surface area contributed by atoms with Crippen LogP contribution in [0.2, 0.25) is 0 Å². The normalized spacial score (nSPS) is 11.0. The Kier molecular flexibility index (Phi) is 5.10. The Morgan fingerprint density at radius 3 is 2.75 bits per heavy atom.